The average molecular weight is 362 g/mol. The van der Waals surface area contributed by atoms with Crippen LogP contribution >= 0.6 is 12.4 Å². The summed E-state index contributed by atoms with van der Waals surface area (Å²) in [6.07, 6.45) is 1.96. The van der Waals surface area contributed by atoms with Crippen molar-refractivity contribution in [2.75, 3.05) is 13.1 Å². The number of carbonyl (C=O) groups is 1. The minimum atomic E-state index is -3.59. The van der Waals surface area contributed by atoms with Crippen molar-refractivity contribution in [1.82, 2.24) is 15.4 Å². The molecule has 1 amide bonds. The van der Waals surface area contributed by atoms with Crippen molar-refractivity contribution in [3.8, 4) is 0 Å². The van der Waals surface area contributed by atoms with Gasteiger partial charge in [0.15, 0.2) is 0 Å². The summed E-state index contributed by atoms with van der Waals surface area (Å²) in [6, 6.07) is 6.01. The first-order chi connectivity index (χ1) is 10.4. The number of halogens is 1. The first kappa shape index (κ1) is 19.9. The minimum absolute atomic E-state index is 0. The second kappa shape index (κ2) is 8.63. The minimum Gasteiger partial charge on any atom is -0.348 e. The van der Waals surface area contributed by atoms with E-state index >= 15 is 0 Å². The largest absolute Gasteiger partial charge is 0.348 e. The highest BCUT2D eigenvalue weighted by Crippen LogP contribution is 2.13. The molecule has 1 heterocycles. The van der Waals surface area contributed by atoms with Gasteiger partial charge in [-0.3, -0.25) is 4.79 Å². The lowest BCUT2D eigenvalue weighted by Crippen LogP contribution is -2.45. The van der Waals surface area contributed by atoms with Gasteiger partial charge in [-0.05, 0) is 51.4 Å². The van der Waals surface area contributed by atoms with E-state index in [4.69, 9.17) is 0 Å². The van der Waals surface area contributed by atoms with E-state index in [0.717, 1.165) is 25.9 Å². The first-order valence-corrected chi connectivity index (χ1v) is 9.01. The highest BCUT2D eigenvalue weighted by atomic mass is 35.5. The van der Waals surface area contributed by atoms with Crippen molar-refractivity contribution >= 4 is 28.3 Å². The van der Waals surface area contributed by atoms with E-state index in [1.165, 1.54) is 12.1 Å². The number of rotatable bonds is 5. The zero-order valence-corrected chi connectivity index (χ0v) is 15.0. The van der Waals surface area contributed by atoms with Crippen molar-refractivity contribution in [1.29, 1.82) is 0 Å². The summed E-state index contributed by atoms with van der Waals surface area (Å²) in [6.45, 7) is 5.23. The standard InChI is InChI=1S/C15H23N3O3S.ClH/c1-11(2)18-22(20,21)14-7-3-5-12(9-14)15(19)17-13-6-4-8-16-10-13;/h3,5,7,9,11,13,16,18H,4,6,8,10H2,1-2H3,(H,17,19);1H. The van der Waals surface area contributed by atoms with Gasteiger partial charge in [0, 0.05) is 24.2 Å². The summed E-state index contributed by atoms with van der Waals surface area (Å²) < 4.78 is 26.8. The number of sulfonamides is 1. The fourth-order valence-electron chi connectivity index (χ4n) is 2.43. The molecular weight excluding hydrogens is 338 g/mol. The Morgan fingerprint density at radius 2 is 2.09 bits per heavy atom. The molecule has 0 spiro atoms. The van der Waals surface area contributed by atoms with Crippen LogP contribution in [0.3, 0.4) is 0 Å². The Labute approximate surface area is 143 Å². The van der Waals surface area contributed by atoms with Crippen LogP contribution in [0.15, 0.2) is 29.2 Å². The third-order valence-corrected chi connectivity index (χ3v) is 5.09. The van der Waals surface area contributed by atoms with Gasteiger partial charge in [0.05, 0.1) is 4.90 Å². The Morgan fingerprint density at radius 3 is 2.70 bits per heavy atom. The predicted molar refractivity (Wildman–Crippen MR) is 92.5 cm³/mol. The lowest BCUT2D eigenvalue weighted by atomic mass is 10.1. The monoisotopic (exact) mass is 361 g/mol. The predicted octanol–water partition coefficient (Wildman–Crippen LogP) is 1.28. The molecule has 130 valence electrons. The molecular formula is C15H24ClN3O3S. The molecule has 0 aliphatic carbocycles. The van der Waals surface area contributed by atoms with E-state index in [2.05, 4.69) is 15.4 Å². The number of benzene rings is 1. The van der Waals surface area contributed by atoms with Gasteiger partial charge in [-0.15, -0.1) is 12.4 Å². The molecule has 1 aromatic carbocycles. The molecule has 1 aliphatic heterocycles. The van der Waals surface area contributed by atoms with E-state index in [-0.39, 0.29) is 35.3 Å². The van der Waals surface area contributed by atoms with Crippen LogP contribution in [-0.4, -0.2) is 39.5 Å². The molecule has 1 unspecified atom stereocenters. The maximum absolute atomic E-state index is 12.3. The van der Waals surface area contributed by atoms with Gasteiger partial charge >= 0.3 is 0 Å². The van der Waals surface area contributed by atoms with Crippen LogP contribution in [0.5, 0.6) is 0 Å². The van der Waals surface area contributed by atoms with Crippen molar-refractivity contribution in [2.24, 2.45) is 0 Å². The van der Waals surface area contributed by atoms with Gasteiger partial charge in [-0.25, -0.2) is 13.1 Å². The van der Waals surface area contributed by atoms with E-state index in [1.54, 1.807) is 26.0 Å². The highest BCUT2D eigenvalue weighted by molar-refractivity contribution is 7.89. The second-order valence-corrected chi connectivity index (χ2v) is 7.53. The van der Waals surface area contributed by atoms with Crippen molar-refractivity contribution in [3.05, 3.63) is 29.8 Å². The van der Waals surface area contributed by atoms with Gasteiger partial charge in [-0.1, -0.05) is 6.07 Å². The Morgan fingerprint density at radius 1 is 1.35 bits per heavy atom. The van der Waals surface area contributed by atoms with Crippen LogP contribution in [0.1, 0.15) is 37.0 Å². The molecule has 3 N–H and O–H groups in total. The Kier molecular flexibility index (Phi) is 7.47. The van der Waals surface area contributed by atoms with Gasteiger partial charge < -0.3 is 10.6 Å². The van der Waals surface area contributed by atoms with Crippen molar-refractivity contribution in [3.63, 3.8) is 0 Å². The first-order valence-electron chi connectivity index (χ1n) is 7.52. The second-order valence-electron chi connectivity index (χ2n) is 5.82. The van der Waals surface area contributed by atoms with Crippen LogP contribution in [0, 0.1) is 0 Å². The molecule has 1 fully saturated rings. The molecule has 1 saturated heterocycles. The zero-order chi connectivity index (χ0) is 16.2. The molecule has 8 heteroatoms. The molecule has 0 aromatic heterocycles. The summed E-state index contributed by atoms with van der Waals surface area (Å²) in [5.41, 5.74) is 0.359. The summed E-state index contributed by atoms with van der Waals surface area (Å²) in [4.78, 5) is 12.4. The van der Waals surface area contributed by atoms with Crippen LogP contribution in [0.25, 0.3) is 0 Å². The van der Waals surface area contributed by atoms with E-state index in [0.29, 0.717) is 5.56 Å². The average Bonchev–Trinajstić information content (AvgIpc) is 2.47. The Bertz CT molecular complexity index is 629. The maximum atomic E-state index is 12.3. The van der Waals surface area contributed by atoms with Crippen LogP contribution in [0.4, 0.5) is 0 Å². The number of nitrogens with one attached hydrogen (secondary N) is 3. The number of carbonyl (C=O) groups excluding carboxylic acids is 1. The lowest BCUT2D eigenvalue weighted by Gasteiger charge is -2.23. The van der Waals surface area contributed by atoms with Gasteiger partial charge in [0.1, 0.15) is 0 Å². The summed E-state index contributed by atoms with van der Waals surface area (Å²) in [5, 5.41) is 6.17. The van der Waals surface area contributed by atoms with Gasteiger partial charge in [0.2, 0.25) is 10.0 Å². The molecule has 1 aliphatic rings. The number of piperidine rings is 1. The molecule has 2 rings (SSSR count). The van der Waals surface area contributed by atoms with Crippen LogP contribution in [-0.2, 0) is 10.0 Å². The van der Waals surface area contributed by atoms with Crippen molar-refractivity contribution in [2.45, 2.75) is 43.7 Å². The van der Waals surface area contributed by atoms with Crippen LogP contribution < -0.4 is 15.4 Å². The van der Waals surface area contributed by atoms with Crippen LogP contribution in [0.2, 0.25) is 0 Å². The molecule has 23 heavy (non-hydrogen) atoms. The summed E-state index contributed by atoms with van der Waals surface area (Å²) >= 11 is 0. The summed E-state index contributed by atoms with van der Waals surface area (Å²) in [7, 11) is -3.59. The third-order valence-electron chi connectivity index (χ3n) is 3.43. The smallest absolute Gasteiger partial charge is 0.251 e. The number of amides is 1. The van der Waals surface area contributed by atoms with E-state index in [1.807, 2.05) is 0 Å². The molecule has 1 aromatic rings. The topological polar surface area (TPSA) is 87.3 Å². The van der Waals surface area contributed by atoms with E-state index < -0.39 is 10.0 Å². The highest BCUT2D eigenvalue weighted by Gasteiger charge is 2.19. The molecule has 0 radical (unpaired) electrons. The molecule has 0 bridgehead atoms. The fraction of sp³-hybridized carbons (Fsp3) is 0.533. The Balaban J connectivity index is 0.00000264. The summed E-state index contributed by atoms with van der Waals surface area (Å²) in [5.74, 6) is -0.240. The van der Waals surface area contributed by atoms with Gasteiger partial charge in [-0.2, -0.15) is 0 Å². The number of hydrogen-bond donors (Lipinski definition) is 3. The molecule has 0 saturated carbocycles. The molecule has 6 nitrogen and oxygen atoms in total. The lowest BCUT2D eigenvalue weighted by molar-refractivity contribution is 0.0930. The SMILES string of the molecule is CC(C)NS(=O)(=O)c1cccc(C(=O)NC2CCCNC2)c1.Cl. The number of hydrogen-bond acceptors (Lipinski definition) is 4. The maximum Gasteiger partial charge on any atom is 0.251 e. The van der Waals surface area contributed by atoms with E-state index in [9.17, 15) is 13.2 Å². The van der Waals surface area contributed by atoms with Gasteiger partial charge in [0.25, 0.3) is 5.91 Å². The zero-order valence-electron chi connectivity index (χ0n) is 13.3. The Hall–Kier alpha value is -1.15. The van der Waals surface area contributed by atoms with Crippen molar-refractivity contribution < 1.29 is 13.2 Å². The fourth-order valence-corrected chi connectivity index (χ4v) is 3.72. The normalized spacial score (nSPS) is 18.3. The quantitative estimate of drug-likeness (QED) is 0.737. The molecule has 1 atom stereocenters. The third kappa shape index (κ3) is 5.76.